The molecule has 23 nitrogen and oxygen atoms in total. The molecule has 4 aliphatic heterocycles. The average Bonchev–Trinajstić information content (AvgIpc) is 1.61. The topological polar surface area (TPSA) is 272 Å². The molecule has 3 atom stereocenters. The van der Waals surface area contributed by atoms with Crippen molar-refractivity contribution < 1.29 is 52.6 Å². The molecule has 17 rings (SSSR count). The van der Waals surface area contributed by atoms with Gasteiger partial charge in [-0.15, -0.1) is 0 Å². The number of fused-ring (bicyclic) bond motifs is 4. The standard InChI is InChI=1S/C29H34N4O4Si.C24H21N3O3.C15H22N2O2Si.C14H13BrN2O2.C9H5BrClN.B/c1-38(2,3)17-16-35-20-33-27(13-15-31-33)21-4-7-24(8-5-21)37-25-9-10-26-22(18-25)12-14-30-29(26)36-19-23-6-11-28(34)32-23;28-23-8-3-19(27-23)15-29-24-22-7-6-21(13-17(22)10-12-26-24)30-20-4-1-16(2-5-20)18-9-11-25-14-18;1-20(2,3)11-10-19-12-17-15(8-9-16-17)13-4-6-14(18)7-5-13;15-10-1-3-12-9(7-10)5-6-16-14(12)19-8-11-2-4-13(18)17-11;10-7-1-2-8-6(5-7)3-4-12-9(8)11;/h4-5,7-10,12-15,18,23H,6,11,16-17,19-20H2,1-3H3,(H,32,34);1-2,4-7,9-13,19H,3,8,14-15H2,(H,27,28);4-9,18H,10-12H2,1-3H3;1,3,5-7,11H,2,4,8H2,(H,17,18);1-5H;/t23-;19-;;11-;;/m00.0../s1. The van der Waals surface area contributed by atoms with Crippen molar-refractivity contribution in [3.05, 3.63) is 245 Å². The highest BCUT2D eigenvalue weighted by Gasteiger charge is 2.25. The Morgan fingerprint density at radius 2 is 0.825 bits per heavy atom. The van der Waals surface area contributed by atoms with Gasteiger partial charge in [0.15, 0.2) is 0 Å². The molecular weight excluding hydrogens is 1700 g/mol. The van der Waals surface area contributed by atoms with Gasteiger partial charge >= 0.3 is 0 Å². The van der Waals surface area contributed by atoms with E-state index >= 15 is 0 Å². The number of aromatic nitrogens is 8. The van der Waals surface area contributed by atoms with Crippen LogP contribution in [0.5, 0.6) is 46.4 Å². The van der Waals surface area contributed by atoms with Gasteiger partial charge in [0.05, 0.1) is 36.1 Å². The number of carbonyl (C=O) groups excluding carboxylic acids is 3. The number of phenolic OH excluding ortho intramolecular Hbond substituents is 1. The summed E-state index contributed by atoms with van der Waals surface area (Å²) in [6, 6.07) is 60.9. The number of carbonyl (C=O) groups is 3. The van der Waals surface area contributed by atoms with Crippen molar-refractivity contribution in [2.24, 2.45) is 4.99 Å². The second kappa shape index (κ2) is 42.2. The maximum absolute atomic E-state index is 11.4. The van der Waals surface area contributed by atoms with Crippen LogP contribution in [-0.4, -0.2) is 151 Å². The van der Waals surface area contributed by atoms with Crippen LogP contribution in [0.3, 0.4) is 0 Å². The van der Waals surface area contributed by atoms with E-state index in [-0.39, 0.29) is 50.0 Å². The molecule has 3 fully saturated rings. The quantitative estimate of drug-likeness (QED) is 0.0223. The third-order valence-electron chi connectivity index (χ3n) is 19.8. The van der Waals surface area contributed by atoms with Crippen LogP contribution in [0, 0.1) is 0 Å². The molecule has 3 saturated heterocycles. The van der Waals surface area contributed by atoms with E-state index in [4.69, 9.17) is 44.8 Å². The lowest BCUT2D eigenvalue weighted by Crippen LogP contribution is -2.31. The summed E-state index contributed by atoms with van der Waals surface area (Å²) in [6.07, 6.45) is 18.4. The number of nitrogens with zero attached hydrogens (tertiary/aromatic N) is 9. The van der Waals surface area contributed by atoms with Gasteiger partial charge in [0.2, 0.25) is 35.4 Å². The summed E-state index contributed by atoms with van der Waals surface area (Å²) in [7, 11) is -2.16. The maximum Gasteiger partial charge on any atom is 0.221 e. The number of benzene rings is 7. The Balaban J connectivity index is 0.000000144. The molecule has 3 amide bonds. The number of aromatic hydroxyl groups is 1. The number of nitrogens with one attached hydrogen (secondary N) is 3. The van der Waals surface area contributed by atoms with Crippen LogP contribution in [-0.2, 0) is 37.3 Å². The average molecular weight is 1800 g/mol. The largest absolute Gasteiger partial charge is 0.508 e. The third kappa shape index (κ3) is 25.7. The van der Waals surface area contributed by atoms with Crippen LogP contribution in [0.15, 0.2) is 239 Å². The number of aliphatic imine (C=N–C) groups is 1. The first kappa shape index (κ1) is 88.2. The van der Waals surface area contributed by atoms with Crippen LogP contribution < -0.4 is 39.6 Å². The van der Waals surface area contributed by atoms with Crippen LogP contribution in [0.2, 0.25) is 56.5 Å². The second-order valence-corrected chi connectivity index (χ2v) is 44.8. The number of phenols is 1. The van der Waals surface area contributed by atoms with Gasteiger partial charge in [-0.2, -0.15) is 10.2 Å². The predicted molar refractivity (Wildman–Crippen MR) is 486 cm³/mol. The Labute approximate surface area is 723 Å². The number of pyridine rings is 4. The maximum atomic E-state index is 11.4. The molecule has 6 aromatic heterocycles. The van der Waals surface area contributed by atoms with Crippen LogP contribution in [0.1, 0.15) is 44.1 Å². The highest BCUT2D eigenvalue weighted by molar-refractivity contribution is 9.10. The second-order valence-electron chi connectivity index (χ2n) is 31.4. The fraction of sp³-hybridized carbons (Fsp3) is 0.275. The normalized spacial score (nSPS) is 15.3. The van der Waals surface area contributed by atoms with Gasteiger partial charge < -0.3 is 54.2 Å². The summed E-state index contributed by atoms with van der Waals surface area (Å²) in [6.45, 7) is 18.5. The third-order valence-corrected chi connectivity index (χ3v) is 24.5. The van der Waals surface area contributed by atoms with Gasteiger partial charge in [0.25, 0.3) is 0 Å². The zero-order chi connectivity index (χ0) is 83.3. The Kier molecular flexibility index (Phi) is 31.0. The van der Waals surface area contributed by atoms with Gasteiger partial charge in [-0.05, 0) is 234 Å². The summed E-state index contributed by atoms with van der Waals surface area (Å²) in [5, 5.41) is 35.2. The summed E-state index contributed by atoms with van der Waals surface area (Å²) in [5.41, 5.74) is 6.45. The lowest BCUT2D eigenvalue weighted by Gasteiger charge is -2.16. The monoisotopic (exact) mass is 1790 g/mol. The minimum atomic E-state index is -1.12. The van der Waals surface area contributed by atoms with Gasteiger partial charge in [0.1, 0.15) is 67.2 Å². The molecule has 7 aromatic carbocycles. The van der Waals surface area contributed by atoms with Crippen molar-refractivity contribution in [3.8, 4) is 68.9 Å². The van der Waals surface area contributed by atoms with Crippen molar-refractivity contribution in [1.82, 2.24) is 55.4 Å². The van der Waals surface area contributed by atoms with Crippen molar-refractivity contribution in [2.45, 2.75) is 121 Å². The smallest absolute Gasteiger partial charge is 0.221 e. The van der Waals surface area contributed by atoms with E-state index in [9.17, 15) is 19.5 Å². The van der Waals surface area contributed by atoms with Gasteiger partial charge in [-0.25, -0.2) is 29.3 Å². The SMILES string of the molecule is C[Si](C)(C)CCOCn1nccc1-c1ccc(O)cc1.C[Si](C)(C)CCOCn1nccc1-c1ccc(Oc2ccc3c(OC[C@@H]4CCC(=O)N4)nccc3c2)cc1.Clc1nccc2cc(Br)ccc12.O=C1CC[C@@H](COc2nccc3cc(Br)ccc23)N1.O=C1CC[C@@H](COc2nccc3cc(Oc4ccc(C5=CC=NC5)cc4)ccc23)N1.[B]. The molecule has 29 heteroatoms. The minimum absolute atomic E-state index is 0. The first-order valence-electron chi connectivity index (χ1n) is 39.6. The molecule has 13 aromatic rings. The molecule has 617 valence electrons. The van der Waals surface area contributed by atoms with Crippen LogP contribution in [0.4, 0.5) is 0 Å². The Hall–Kier alpha value is -11.1. The molecule has 0 bridgehead atoms. The predicted octanol–water partition coefficient (Wildman–Crippen LogP) is 19.5. The Bertz CT molecular complexity index is 5720. The van der Waals surface area contributed by atoms with E-state index < -0.39 is 16.1 Å². The van der Waals surface area contributed by atoms with Gasteiger partial charge in [-0.1, -0.05) is 101 Å². The molecule has 4 N–H and O–H groups in total. The first-order valence-corrected chi connectivity index (χ1v) is 48.9. The van der Waals surface area contributed by atoms with E-state index in [0.29, 0.717) is 75.3 Å². The van der Waals surface area contributed by atoms with E-state index in [0.717, 1.165) is 154 Å². The molecule has 0 spiro atoms. The van der Waals surface area contributed by atoms with E-state index in [1.165, 1.54) is 5.57 Å². The first-order chi connectivity index (χ1) is 57.5. The summed E-state index contributed by atoms with van der Waals surface area (Å²) in [5.74, 6) is 5.26. The Morgan fingerprint density at radius 3 is 1.23 bits per heavy atom. The van der Waals surface area contributed by atoms with Crippen LogP contribution >= 0.6 is 43.5 Å². The molecule has 120 heavy (non-hydrogen) atoms. The van der Waals surface area contributed by atoms with Gasteiger partial charge in [-0.3, -0.25) is 19.4 Å². The van der Waals surface area contributed by atoms with E-state index in [1.807, 2.05) is 179 Å². The molecule has 10 heterocycles. The van der Waals surface area contributed by atoms with Crippen molar-refractivity contribution in [1.29, 1.82) is 0 Å². The molecule has 0 aliphatic carbocycles. The lowest BCUT2D eigenvalue weighted by atomic mass is 10.1. The molecule has 0 saturated carbocycles. The molecule has 4 aliphatic rings. The highest BCUT2D eigenvalue weighted by atomic mass is 79.9. The lowest BCUT2D eigenvalue weighted by molar-refractivity contribution is -0.120. The highest BCUT2D eigenvalue weighted by Crippen LogP contribution is 2.35. The van der Waals surface area contributed by atoms with Gasteiger partial charge in [0, 0.05) is 142 Å². The Morgan fingerprint density at radius 1 is 0.450 bits per heavy atom. The minimum Gasteiger partial charge on any atom is -0.508 e. The zero-order valence-corrected chi connectivity index (χ0v) is 73.7. The number of halogens is 3. The summed E-state index contributed by atoms with van der Waals surface area (Å²) < 4.78 is 47.2. The van der Waals surface area contributed by atoms with E-state index in [1.54, 1.807) is 49.3 Å². The number of hydrogen-bond donors (Lipinski definition) is 4. The van der Waals surface area contributed by atoms with E-state index in [2.05, 4.69) is 134 Å². The van der Waals surface area contributed by atoms with Crippen molar-refractivity contribution in [2.75, 3.05) is 39.6 Å². The fourth-order valence-electron chi connectivity index (χ4n) is 13.2. The summed E-state index contributed by atoms with van der Waals surface area (Å²) in [4.78, 5) is 55.1. The molecular formula is C91H95BBr2ClN12O11Si2. The summed E-state index contributed by atoms with van der Waals surface area (Å²) >= 11 is 12.7. The molecule has 3 radical (unpaired) electrons. The molecule has 0 unspecified atom stereocenters. The fourth-order valence-corrected chi connectivity index (χ4v) is 15.7. The van der Waals surface area contributed by atoms with Crippen LogP contribution in [0.25, 0.3) is 71.2 Å². The number of ether oxygens (including phenoxy) is 7. The van der Waals surface area contributed by atoms with Crippen molar-refractivity contribution >= 4 is 141 Å². The number of allylic oxidation sites excluding steroid dienone is 1. The number of rotatable bonds is 26. The number of hydrogen-bond acceptors (Lipinski definition) is 18. The van der Waals surface area contributed by atoms with Crippen molar-refractivity contribution in [3.63, 3.8) is 0 Å². The zero-order valence-electron chi connectivity index (χ0n) is 67.8. The number of amides is 3.